The molecule has 0 N–H and O–H groups in total. The van der Waals surface area contributed by atoms with E-state index in [1.54, 1.807) is 24.3 Å². The summed E-state index contributed by atoms with van der Waals surface area (Å²) >= 11 is 0. The van der Waals surface area contributed by atoms with Crippen LogP contribution in [0.5, 0.6) is 5.75 Å². The van der Waals surface area contributed by atoms with Gasteiger partial charge in [-0.25, -0.2) is 0 Å². The molecule has 0 fully saturated rings. The normalized spacial score (nSPS) is 9.83. The third-order valence-corrected chi connectivity index (χ3v) is 2.48. The molecule has 4 heteroatoms. The number of carbonyl (C=O) groups excluding carboxylic acids is 2. The molecule has 0 spiro atoms. The van der Waals surface area contributed by atoms with E-state index in [0.717, 1.165) is 0 Å². The van der Waals surface area contributed by atoms with Crippen molar-refractivity contribution in [3.05, 3.63) is 59.9 Å². The molecule has 0 aliphatic heterocycles. The zero-order chi connectivity index (χ0) is 13.0. The van der Waals surface area contributed by atoms with Gasteiger partial charge in [0.15, 0.2) is 0 Å². The summed E-state index contributed by atoms with van der Waals surface area (Å²) in [5.41, 5.74) is 0.647. The fourth-order valence-electron chi connectivity index (χ4n) is 1.53. The first-order valence-electron chi connectivity index (χ1n) is 5.35. The topological polar surface area (TPSA) is 56.3 Å². The van der Waals surface area contributed by atoms with Crippen LogP contribution in [0.15, 0.2) is 48.8 Å². The standard InChI is InChI=1S/C14H11NO3/c1-18-12-4-2-3-11(9-12)14(17)13(16)10-5-7-15-8-6-10/h2-9H,1H3. The second-order valence-corrected chi connectivity index (χ2v) is 3.63. The molecule has 1 aromatic heterocycles. The Balaban J connectivity index is 2.29. The van der Waals surface area contributed by atoms with Gasteiger partial charge in [0.25, 0.3) is 0 Å². The molecule has 0 atom stereocenters. The van der Waals surface area contributed by atoms with Crippen molar-refractivity contribution in [2.75, 3.05) is 7.11 Å². The Morgan fingerprint density at radius 3 is 2.33 bits per heavy atom. The molecule has 0 aliphatic carbocycles. The molecule has 0 bridgehead atoms. The monoisotopic (exact) mass is 241 g/mol. The molecule has 0 unspecified atom stereocenters. The fourth-order valence-corrected chi connectivity index (χ4v) is 1.53. The first-order chi connectivity index (χ1) is 8.72. The van der Waals surface area contributed by atoms with E-state index >= 15 is 0 Å². The highest BCUT2D eigenvalue weighted by Crippen LogP contribution is 2.14. The number of benzene rings is 1. The Morgan fingerprint density at radius 2 is 1.67 bits per heavy atom. The van der Waals surface area contributed by atoms with Crippen LogP contribution in [0, 0.1) is 0 Å². The fraction of sp³-hybridized carbons (Fsp3) is 0.0714. The second kappa shape index (κ2) is 5.23. The summed E-state index contributed by atoms with van der Waals surface area (Å²) in [6.45, 7) is 0. The van der Waals surface area contributed by atoms with Crippen LogP contribution in [0.2, 0.25) is 0 Å². The van der Waals surface area contributed by atoms with Crippen LogP contribution in [-0.2, 0) is 0 Å². The van der Waals surface area contributed by atoms with Gasteiger partial charge in [0.05, 0.1) is 7.11 Å². The van der Waals surface area contributed by atoms with Gasteiger partial charge in [-0.05, 0) is 24.3 Å². The minimum Gasteiger partial charge on any atom is -0.497 e. The van der Waals surface area contributed by atoms with Gasteiger partial charge in [0, 0.05) is 23.5 Å². The molecule has 90 valence electrons. The highest BCUT2D eigenvalue weighted by Gasteiger charge is 2.18. The molecule has 1 heterocycles. The largest absolute Gasteiger partial charge is 0.497 e. The van der Waals surface area contributed by atoms with Crippen LogP contribution in [-0.4, -0.2) is 23.7 Å². The molecule has 18 heavy (non-hydrogen) atoms. The van der Waals surface area contributed by atoms with E-state index in [1.807, 2.05) is 0 Å². The van der Waals surface area contributed by atoms with E-state index in [4.69, 9.17) is 4.74 Å². The van der Waals surface area contributed by atoms with Crippen LogP contribution < -0.4 is 4.74 Å². The first kappa shape index (κ1) is 12.0. The lowest BCUT2D eigenvalue weighted by Crippen LogP contribution is -2.14. The molecule has 0 radical (unpaired) electrons. The lowest BCUT2D eigenvalue weighted by Gasteiger charge is -2.03. The Hall–Kier alpha value is -2.49. The number of pyridine rings is 1. The van der Waals surface area contributed by atoms with E-state index in [0.29, 0.717) is 16.9 Å². The Labute approximate surface area is 104 Å². The molecule has 0 saturated carbocycles. The predicted molar refractivity (Wildman–Crippen MR) is 65.9 cm³/mol. The van der Waals surface area contributed by atoms with E-state index in [-0.39, 0.29) is 0 Å². The van der Waals surface area contributed by atoms with E-state index in [1.165, 1.54) is 31.6 Å². The van der Waals surface area contributed by atoms with Crippen molar-refractivity contribution in [2.24, 2.45) is 0 Å². The summed E-state index contributed by atoms with van der Waals surface area (Å²) in [6.07, 6.45) is 2.96. The van der Waals surface area contributed by atoms with Crippen molar-refractivity contribution in [3.8, 4) is 5.75 Å². The predicted octanol–water partition coefficient (Wildman–Crippen LogP) is 2.16. The zero-order valence-electron chi connectivity index (χ0n) is 9.79. The molecule has 4 nitrogen and oxygen atoms in total. The van der Waals surface area contributed by atoms with Gasteiger partial charge in [0.2, 0.25) is 11.6 Å². The van der Waals surface area contributed by atoms with Gasteiger partial charge in [-0.3, -0.25) is 14.6 Å². The minimum atomic E-state index is -0.555. The first-order valence-corrected chi connectivity index (χ1v) is 5.35. The van der Waals surface area contributed by atoms with Crippen LogP contribution in [0.1, 0.15) is 20.7 Å². The van der Waals surface area contributed by atoms with Crippen molar-refractivity contribution in [2.45, 2.75) is 0 Å². The maximum Gasteiger partial charge on any atom is 0.233 e. The number of hydrogen-bond acceptors (Lipinski definition) is 4. The highest BCUT2D eigenvalue weighted by atomic mass is 16.5. The minimum absolute atomic E-state index is 0.316. The summed E-state index contributed by atoms with van der Waals surface area (Å²) in [7, 11) is 1.51. The Bertz CT molecular complexity index is 579. The number of Topliss-reactive ketones (excluding diaryl/α,β-unsaturated/α-hetero) is 2. The number of ether oxygens (including phenoxy) is 1. The molecular formula is C14H11NO3. The molecule has 0 amide bonds. The van der Waals surface area contributed by atoms with Gasteiger partial charge in [-0.2, -0.15) is 0 Å². The van der Waals surface area contributed by atoms with Crippen molar-refractivity contribution >= 4 is 11.6 Å². The number of methoxy groups -OCH3 is 1. The Morgan fingerprint density at radius 1 is 1.00 bits per heavy atom. The summed E-state index contributed by atoms with van der Waals surface area (Å²) in [5, 5.41) is 0. The zero-order valence-corrected chi connectivity index (χ0v) is 9.79. The average Bonchev–Trinajstić information content (AvgIpc) is 2.46. The molecule has 2 rings (SSSR count). The van der Waals surface area contributed by atoms with E-state index in [9.17, 15) is 9.59 Å². The van der Waals surface area contributed by atoms with Gasteiger partial charge in [-0.1, -0.05) is 12.1 Å². The quantitative estimate of drug-likeness (QED) is 0.608. The molecule has 2 aromatic rings. The smallest absolute Gasteiger partial charge is 0.233 e. The van der Waals surface area contributed by atoms with E-state index < -0.39 is 11.6 Å². The average molecular weight is 241 g/mol. The van der Waals surface area contributed by atoms with Crippen LogP contribution in [0.4, 0.5) is 0 Å². The number of hydrogen-bond donors (Lipinski definition) is 0. The molecule has 0 aliphatic rings. The lowest BCUT2D eigenvalue weighted by molar-refractivity contribution is 0.0816. The number of carbonyl (C=O) groups is 2. The van der Waals surface area contributed by atoms with Crippen LogP contribution in [0.3, 0.4) is 0 Å². The molecular weight excluding hydrogens is 230 g/mol. The second-order valence-electron chi connectivity index (χ2n) is 3.63. The van der Waals surface area contributed by atoms with Crippen molar-refractivity contribution in [1.82, 2.24) is 4.98 Å². The van der Waals surface area contributed by atoms with Crippen LogP contribution in [0.25, 0.3) is 0 Å². The van der Waals surface area contributed by atoms with Crippen molar-refractivity contribution < 1.29 is 14.3 Å². The lowest BCUT2D eigenvalue weighted by atomic mass is 10.0. The third kappa shape index (κ3) is 2.43. The SMILES string of the molecule is COc1cccc(C(=O)C(=O)c2ccncc2)c1. The van der Waals surface area contributed by atoms with Gasteiger partial charge in [0.1, 0.15) is 5.75 Å². The van der Waals surface area contributed by atoms with Gasteiger partial charge in [-0.15, -0.1) is 0 Å². The summed E-state index contributed by atoms with van der Waals surface area (Å²) in [4.78, 5) is 27.7. The number of ketones is 2. The van der Waals surface area contributed by atoms with E-state index in [2.05, 4.69) is 4.98 Å². The number of aromatic nitrogens is 1. The third-order valence-electron chi connectivity index (χ3n) is 2.48. The van der Waals surface area contributed by atoms with Gasteiger partial charge < -0.3 is 4.74 Å². The molecule has 0 saturated heterocycles. The van der Waals surface area contributed by atoms with Crippen LogP contribution >= 0.6 is 0 Å². The van der Waals surface area contributed by atoms with Crippen molar-refractivity contribution in [1.29, 1.82) is 0 Å². The molecule has 1 aromatic carbocycles. The summed E-state index contributed by atoms with van der Waals surface area (Å²) < 4.78 is 5.02. The number of nitrogens with zero attached hydrogens (tertiary/aromatic N) is 1. The number of rotatable bonds is 4. The Kier molecular flexibility index (Phi) is 3.48. The highest BCUT2D eigenvalue weighted by molar-refractivity contribution is 6.49. The van der Waals surface area contributed by atoms with Crippen molar-refractivity contribution in [3.63, 3.8) is 0 Å². The summed E-state index contributed by atoms with van der Waals surface area (Å²) in [5.74, 6) is -0.561. The van der Waals surface area contributed by atoms with Gasteiger partial charge >= 0.3 is 0 Å². The maximum absolute atomic E-state index is 12.0. The maximum atomic E-state index is 12.0. The summed E-state index contributed by atoms with van der Waals surface area (Å²) in [6, 6.07) is 9.55.